The highest BCUT2D eigenvalue weighted by Gasteiger charge is 2.11. The fourth-order valence-corrected chi connectivity index (χ4v) is 2.88. The summed E-state index contributed by atoms with van der Waals surface area (Å²) in [6.45, 7) is 0. The second kappa shape index (κ2) is 4.68. The number of fused-ring (bicyclic) bond motifs is 1. The molecule has 0 aliphatic carbocycles. The number of nitrogens with zero attached hydrogens (tertiary/aromatic N) is 2. The average molecular weight is 292 g/mol. The Morgan fingerprint density at radius 3 is 2.89 bits per heavy atom. The van der Waals surface area contributed by atoms with Gasteiger partial charge >= 0.3 is 0 Å². The van der Waals surface area contributed by atoms with Crippen LogP contribution in [0.5, 0.6) is 0 Å². The number of nitrogens with two attached hydrogens (primary N) is 1. The van der Waals surface area contributed by atoms with E-state index in [1.165, 1.54) is 11.3 Å². The maximum atomic E-state index is 12.1. The van der Waals surface area contributed by atoms with Gasteiger partial charge in [-0.05, 0) is 23.1 Å². The Hall–Kier alpha value is -1.85. The van der Waals surface area contributed by atoms with Gasteiger partial charge in [-0.15, -0.1) is 11.3 Å². The highest BCUT2D eigenvalue weighted by atomic mass is 35.5. The number of nitrogen functional groups attached to an aromatic ring is 1. The predicted molar refractivity (Wildman–Crippen MR) is 78.3 cm³/mol. The summed E-state index contributed by atoms with van der Waals surface area (Å²) in [5, 5.41) is 2.47. The molecule has 0 saturated heterocycles. The van der Waals surface area contributed by atoms with Crippen molar-refractivity contribution in [3.63, 3.8) is 0 Å². The minimum Gasteiger partial charge on any atom is -0.335 e. The molecule has 0 atom stereocenters. The van der Waals surface area contributed by atoms with Gasteiger partial charge in [0.2, 0.25) is 0 Å². The third-order valence-corrected chi connectivity index (χ3v) is 4.15. The molecule has 0 amide bonds. The first-order valence-electron chi connectivity index (χ1n) is 5.64. The lowest BCUT2D eigenvalue weighted by atomic mass is 10.1. The molecular weight excluding hydrogens is 282 g/mol. The number of benzene rings is 1. The van der Waals surface area contributed by atoms with Crippen LogP contribution in [0.1, 0.15) is 11.4 Å². The summed E-state index contributed by atoms with van der Waals surface area (Å²) in [5.74, 6) is 6.31. The van der Waals surface area contributed by atoms with Gasteiger partial charge < -0.3 is 5.84 Å². The van der Waals surface area contributed by atoms with Crippen molar-refractivity contribution in [2.45, 2.75) is 6.42 Å². The Kier molecular flexibility index (Phi) is 3.00. The minimum atomic E-state index is -0.220. The molecule has 2 heterocycles. The molecule has 3 aromatic rings. The lowest BCUT2D eigenvalue weighted by Crippen LogP contribution is -2.31. The molecule has 1 aromatic carbocycles. The number of halogens is 1. The Balaban J connectivity index is 2.13. The van der Waals surface area contributed by atoms with E-state index in [-0.39, 0.29) is 5.56 Å². The SMILES string of the molecule is Nn1c(Cc2ccccc2Cl)nc2ccsc2c1=O. The fraction of sp³-hybridized carbons (Fsp3) is 0.0769. The van der Waals surface area contributed by atoms with Gasteiger partial charge in [0, 0.05) is 11.4 Å². The molecule has 2 aromatic heterocycles. The first-order chi connectivity index (χ1) is 9.16. The highest BCUT2D eigenvalue weighted by molar-refractivity contribution is 7.17. The molecule has 0 fully saturated rings. The Morgan fingerprint density at radius 2 is 2.11 bits per heavy atom. The quantitative estimate of drug-likeness (QED) is 0.738. The smallest absolute Gasteiger partial charge is 0.289 e. The van der Waals surface area contributed by atoms with Crippen LogP contribution in [0.3, 0.4) is 0 Å². The van der Waals surface area contributed by atoms with E-state index in [1.807, 2.05) is 29.6 Å². The maximum absolute atomic E-state index is 12.1. The van der Waals surface area contributed by atoms with Crippen LogP contribution in [0.4, 0.5) is 0 Å². The van der Waals surface area contributed by atoms with Crippen LogP contribution in [0.2, 0.25) is 5.02 Å². The summed E-state index contributed by atoms with van der Waals surface area (Å²) >= 11 is 7.45. The van der Waals surface area contributed by atoms with Crippen LogP contribution < -0.4 is 11.4 Å². The van der Waals surface area contributed by atoms with Crippen molar-refractivity contribution < 1.29 is 0 Å². The van der Waals surface area contributed by atoms with Crippen molar-refractivity contribution in [3.05, 3.63) is 62.5 Å². The van der Waals surface area contributed by atoms with Crippen molar-refractivity contribution >= 4 is 33.2 Å². The molecule has 2 N–H and O–H groups in total. The highest BCUT2D eigenvalue weighted by Crippen LogP contribution is 2.19. The molecule has 0 unspecified atom stereocenters. The largest absolute Gasteiger partial charge is 0.335 e. The van der Waals surface area contributed by atoms with Gasteiger partial charge in [0.15, 0.2) is 0 Å². The molecular formula is C13H10ClN3OS. The summed E-state index contributed by atoms with van der Waals surface area (Å²) in [6, 6.07) is 9.27. The second-order valence-corrected chi connectivity index (χ2v) is 5.43. The van der Waals surface area contributed by atoms with Gasteiger partial charge in [0.1, 0.15) is 10.5 Å². The molecule has 19 heavy (non-hydrogen) atoms. The number of aromatic nitrogens is 2. The van der Waals surface area contributed by atoms with E-state index in [4.69, 9.17) is 17.4 Å². The standard InChI is InChI=1S/C13H10ClN3OS/c14-9-4-2-1-3-8(9)7-11-16-10-5-6-19-12(10)13(18)17(11)15/h1-6H,7,15H2. The summed E-state index contributed by atoms with van der Waals surface area (Å²) in [4.78, 5) is 16.5. The number of rotatable bonds is 2. The zero-order valence-corrected chi connectivity index (χ0v) is 11.4. The van der Waals surface area contributed by atoms with E-state index in [2.05, 4.69) is 4.98 Å². The molecule has 0 radical (unpaired) electrons. The lowest BCUT2D eigenvalue weighted by molar-refractivity contribution is 0.816. The summed E-state index contributed by atoms with van der Waals surface area (Å²) in [7, 11) is 0. The second-order valence-electron chi connectivity index (χ2n) is 4.11. The normalized spacial score (nSPS) is 11.0. The Morgan fingerprint density at radius 1 is 1.32 bits per heavy atom. The minimum absolute atomic E-state index is 0.220. The van der Waals surface area contributed by atoms with Gasteiger partial charge in [-0.2, -0.15) is 0 Å². The molecule has 96 valence electrons. The number of hydrogen-bond donors (Lipinski definition) is 1. The number of hydrogen-bond acceptors (Lipinski definition) is 4. The van der Waals surface area contributed by atoms with Crippen molar-refractivity contribution in [2.24, 2.45) is 0 Å². The van der Waals surface area contributed by atoms with Crippen LogP contribution in [-0.4, -0.2) is 9.66 Å². The van der Waals surface area contributed by atoms with Gasteiger partial charge in [-0.1, -0.05) is 29.8 Å². The van der Waals surface area contributed by atoms with Gasteiger partial charge in [-0.25, -0.2) is 9.66 Å². The fourth-order valence-electron chi connectivity index (χ4n) is 1.91. The predicted octanol–water partition coefficient (Wildman–Crippen LogP) is 2.42. The van der Waals surface area contributed by atoms with Crippen LogP contribution in [0, 0.1) is 0 Å². The summed E-state index contributed by atoms with van der Waals surface area (Å²) in [5.41, 5.74) is 1.35. The molecule has 0 spiro atoms. The summed E-state index contributed by atoms with van der Waals surface area (Å²) in [6.07, 6.45) is 0.428. The van der Waals surface area contributed by atoms with Crippen LogP contribution in [0.15, 0.2) is 40.5 Å². The van der Waals surface area contributed by atoms with E-state index in [0.717, 1.165) is 10.2 Å². The lowest BCUT2D eigenvalue weighted by Gasteiger charge is -2.08. The van der Waals surface area contributed by atoms with Gasteiger partial charge in [-0.3, -0.25) is 4.79 Å². The zero-order chi connectivity index (χ0) is 13.4. The third-order valence-electron chi connectivity index (χ3n) is 2.89. The molecule has 6 heteroatoms. The maximum Gasteiger partial charge on any atom is 0.289 e. The third kappa shape index (κ3) is 2.11. The first-order valence-corrected chi connectivity index (χ1v) is 6.90. The molecule has 3 rings (SSSR count). The van der Waals surface area contributed by atoms with Gasteiger partial charge in [0.05, 0.1) is 5.52 Å². The van der Waals surface area contributed by atoms with Crippen molar-refractivity contribution in [1.82, 2.24) is 9.66 Å². The molecule has 4 nitrogen and oxygen atoms in total. The topological polar surface area (TPSA) is 60.9 Å². The van der Waals surface area contributed by atoms with Crippen LogP contribution in [0.25, 0.3) is 10.2 Å². The van der Waals surface area contributed by atoms with E-state index < -0.39 is 0 Å². The zero-order valence-electron chi connectivity index (χ0n) is 9.84. The van der Waals surface area contributed by atoms with E-state index in [1.54, 1.807) is 6.07 Å². The van der Waals surface area contributed by atoms with Crippen molar-refractivity contribution in [2.75, 3.05) is 5.84 Å². The van der Waals surface area contributed by atoms with E-state index in [9.17, 15) is 4.79 Å². The average Bonchev–Trinajstić information content (AvgIpc) is 2.86. The molecule has 0 aliphatic rings. The Bertz CT molecular complexity index is 809. The van der Waals surface area contributed by atoms with Crippen LogP contribution in [-0.2, 0) is 6.42 Å². The van der Waals surface area contributed by atoms with Gasteiger partial charge in [0.25, 0.3) is 5.56 Å². The molecule has 0 saturated carbocycles. The Labute approximate surface area is 118 Å². The summed E-state index contributed by atoms with van der Waals surface area (Å²) < 4.78 is 1.67. The van der Waals surface area contributed by atoms with Crippen LogP contribution >= 0.6 is 22.9 Å². The number of thiophene rings is 1. The molecule has 0 aliphatic heterocycles. The van der Waals surface area contributed by atoms with Crippen molar-refractivity contribution in [1.29, 1.82) is 0 Å². The van der Waals surface area contributed by atoms with E-state index >= 15 is 0 Å². The molecule has 0 bridgehead atoms. The van der Waals surface area contributed by atoms with E-state index in [0.29, 0.717) is 27.5 Å². The van der Waals surface area contributed by atoms with Crippen molar-refractivity contribution in [3.8, 4) is 0 Å². The first kappa shape index (κ1) is 12.2. The monoisotopic (exact) mass is 291 g/mol.